The molecule has 0 aliphatic carbocycles. The first-order valence-electron chi connectivity index (χ1n) is 7.37. The van der Waals surface area contributed by atoms with Gasteiger partial charge in [0.1, 0.15) is 11.6 Å². The van der Waals surface area contributed by atoms with Crippen molar-refractivity contribution in [3.63, 3.8) is 0 Å². The Labute approximate surface area is 126 Å². The van der Waals surface area contributed by atoms with Crippen molar-refractivity contribution in [2.45, 2.75) is 40.5 Å². The van der Waals surface area contributed by atoms with Gasteiger partial charge in [-0.1, -0.05) is 39.0 Å². The highest BCUT2D eigenvalue weighted by Gasteiger charge is 2.29. The molecule has 21 heavy (non-hydrogen) atoms. The Hall–Kier alpha value is -2.08. The molecular weight excluding hydrogens is 260 g/mol. The molecule has 0 N–H and O–H groups in total. The number of Topliss-reactive ketones (excluding diaryl/α,β-unsaturated/α-hetero) is 1. The molecule has 1 aliphatic rings. The number of benzene rings is 1. The van der Waals surface area contributed by atoms with Crippen molar-refractivity contribution in [3.05, 3.63) is 41.1 Å². The molecule has 0 atom stereocenters. The number of ketones is 1. The van der Waals surface area contributed by atoms with E-state index in [2.05, 4.69) is 23.1 Å². The Morgan fingerprint density at radius 2 is 1.95 bits per heavy atom. The maximum atomic E-state index is 12.5. The monoisotopic (exact) mass is 282 g/mol. The smallest absolute Gasteiger partial charge is 0.180 e. The van der Waals surface area contributed by atoms with Crippen LogP contribution in [0.3, 0.4) is 0 Å². The van der Waals surface area contributed by atoms with Crippen molar-refractivity contribution in [2.24, 2.45) is 5.41 Å². The number of fused-ring (bicyclic) bond motifs is 1. The van der Waals surface area contributed by atoms with E-state index in [1.807, 2.05) is 39.8 Å². The van der Waals surface area contributed by atoms with Crippen LogP contribution in [0.25, 0.3) is 0 Å². The van der Waals surface area contributed by atoms with E-state index in [0.29, 0.717) is 0 Å². The third kappa shape index (κ3) is 3.00. The van der Waals surface area contributed by atoms with E-state index in [9.17, 15) is 10.1 Å². The average Bonchev–Trinajstić information content (AvgIpc) is 2.46. The first-order chi connectivity index (χ1) is 9.86. The molecule has 0 saturated heterocycles. The van der Waals surface area contributed by atoms with Crippen molar-refractivity contribution in [1.82, 2.24) is 0 Å². The summed E-state index contributed by atoms with van der Waals surface area (Å²) in [7, 11) is 0. The van der Waals surface area contributed by atoms with Gasteiger partial charge in [0.25, 0.3) is 0 Å². The van der Waals surface area contributed by atoms with Gasteiger partial charge in [0, 0.05) is 23.3 Å². The standard InChI is InChI=1S/C18H22N2O/c1-13(15(12-19)17(21)18(2,3)4)20-11-7-9-14-8-5-6-10-16(14)20/h5-6,8,10H,7,9,11H2,1-4H3/b15-13+. The van der Waals surface area contributed by atoms with Gasteiger partial charge in [-0.3, -0.25) is 4.79 Å². The maximum absolute atomic E-state index is 12.5. The highest BCUT2D eigenvalue weighted by molar-refractivity contribution is 6.03. The van der Waals surface area contributed by atoms with Crippen molar-refractivity contribution < 1.29 is 4.79 Å². The number of allylic oxidation sites excluding steroid dienone is 2. The van der Waals surface area contributed by atoms with Crippen molar-refractivity contribution >= 4 is 11.5 Å². The molecule has 0 bridgehead atoms. The minimum absolute atomic E-state index is 0.0921. The molecule has 0 amide bonds. The molecule has 1 aliphatic heterocycles. The van der Waals surface area contributed by atoms with Gasteiger partial charge in [0.2, 0.25) is 0 Å². The Bertz CT molecular complexity index is 629. The lowest BCUT2D eigenvalue weighted by atomic mass is 9.85. The van der Waals surface area contributed by atoms with Crippen LogP contribution in [0.15, 0.2) is 35.5 Å². The Morgan fingerprint density at radius 3 is 2.57 bits per heavy atom. The number of carbonyl (C=O) groups is 1. The quantitative estimate of drug-likeness (QED) is 0.611. The van der Waals surface area contributed by atoms with Gasteiger partial charge < -0.3 is 4.90 Å². The Balaban J connectivity index is 2.48. The van der Waals surface area contributed by atoms with E-state index in [1.54, 1.807) is 0 Å². The van der Waals surface area contributed by atoms with E-state index in [0.717, 1.165) is 30.8 Å². The number of nitrogens with zero attached hydrogens (tertiary/aromatic N) is 2. The third-order valence-electron chi connectivity index (χ3n) is 3.90. The summed E-state index contributed by atoms with van der Waals surface area (Å²) in [5.41, 5.74) is 2.91. The van der Waals surface area contributed by atoms with Gasteiger partial charge in [-0.2, -0.15) is 5.26 Å². The summed E-state index contributed by atoms with van der Waals surface area (Å²) in [6.45, 7) is 8.29. The second-order valence-electron chi connectivity index (χ2n) is 6.54. The number of aryl methyl sites for hydroxylation is 1. The zero-order valence-electron chi connectivity index (χ0n) is 13.2. The van der Waals surface area contributed by atoms with Crippen LogP contribution in [-0.2, 0) is 11.2 Å². The SMILES string of the molecule is C/C(=C(/C#N)C(=O)C(C)(C)C)N1CCCc2ccccc21. The summed E-state index contributed by atoms with van der Waals surface area (Å²) in [6, 6.07) is 10.3. The summed E-state index contributed by atoms with van der Waals surface area (Å²) in [4.78, 5) is 14.6. The first kappa shape index (κ1) is 15.3. The maximum Gasteiger partial charge on any atom is 0.180 e. The molecule has 0 saturated carbocycles. The van der Waals surface area contributed by atoms with Gasteiger partial charge >= 0.3 is 0 Å². The van der Waals surface area contributed by atoms with Gasteiger partial charge in [0.15, 0.2) is 5.78 Å². The Morgan fingerprint density at radius 1 is 1.29 bits per heavy atom. The number of carbonyl (C=O) groups excluding carboxylic acids is 1. The molecule has 2 rings (SSSR count). The van der Waals surface area contributed by atoms with Gasteiger partial charge in [0.05, 0.1) is 0 Å². The Kier molecular flexibility index (Phi) is 4.18. The number of hydrogen-bond donors (Lipinski definition) is 0. The van der Waals surface area contributed by atoms with Crippen molar-refractivity contribution in [1.29, 1.82) is 5.26 Å². The zero-order valence-corrected chi connectivity index (χ0v) is 13.2. The molecule has 0 aromatic heterocycles. The highest BCUT2D eigenvalue weighted by Crippen LogP contribution is 2.32. The normalized spacial score (nSPS) is 15.9. The summed E-state index contributed by atoms with van der Waals surface area (Å²) < 4.78 is 0. The van der Waals surface area contributed by atoms with E-state index >= 15 is 0 Å². The van der Waals surface area contributed by atoms with Crippen LogP contribution in [0, 0.1) is 16.7 Å². The fourth-order valence-corrected chi connectivity index (χ4v) is 2.69. The van der Waals surface area contributed by atoms with Gasteiger partial charge in [-0.15, -0.1) is 0 Å². The zero-order chi connectivity index (χ0) is 15.6. The molecule has 0 radical (unpaired) electrons. The van der Waals surface area contributed by atoms with E-state index in [4.69, 9.17) is 0 Å². The molecule has 3 nitrogen and oxygen atoms in total. The fourth-order valence-electron chi connectivity index (χ4n) is 2.69. The molecule has 0 spiro atoms. The third-order valence-corrected chi connectivity index (χ3v) is 3.90. The summed E-state index contributed by atoms with van der Waals surface area (Å²) >= 11 is 0. The molecule has 3 heteroatoms. The lowest BCUT2D eigenvalue weighted by Crippen LogP contribution is -2.31. The van der Waals surface area contributed by atoms with Crippen LogP contribution >= 0.6 is 0 Å². The number of anilines is 1. The van der Waals surface area contributed by atoms with Crippen LogP contribution in [0.4, 0.5) is 5.69 Å². The summed E-state index contributed by atoms with van der Waals surface area (Å²) in [5, 5.41) is 9.45. The minimum atomic E-state index is -0.540. The number of hydrogen-bond acceptors (Lipinski definition) is 3. The first-order valence-corrected chi connectivity index (χ1v) is 7.37. The van der Waals surface area contributed by atoms with Crippen LogP contribution in [0.2, 0.25) is 0 Å². The lowest BCUT2D eigenvalue weighted by molar-refractivity contribution is -0.122. The molecule has 1 aromatic rings. The topological polar surface area (TPSA) is 44.1 Å². The second-order valence-corrected chi connectivity index (χ2v) is 6.54. The van der Waals surface area contributed by atoms with Gasteiger partial charge in [-0.25, -0.2) is 0 Å². The van der Waals surface area contributed by atoms with E-state index in [-0.39, 0.29) is 11.4 Å². The van der Waals surface area contributed by atoms with Crippen LogP contribution in [0.5, 0.6) is 0 Å². The number of nitriles is 1. The van der Waals surface area contributed by atoms with Crippen molar-refractivity contribution in [3.8, 4) is 6.07 Å². The number of rotatable bonds is 2. The summed E-state index contributed by atoms with van der Waals surface area (Å²) in [5.74, 6) is -0.0921. The minimum Gasteiger partial charge on any atom is -0.344 e. The fraction of sp³-hybridized carbons (Fsp3) is 0.444. The molecular formula is C18H22N2O. The van der Waals surface area contributed by atoms with Crippen LogP contribution < -0.4 is 4.90 Å². The molecule has 110 valence electrons. The summed E-state index contributed by atoms with van der Waals surface area (Å²) in [6.07, 6.45) is 2.09. The molecule has 1 heterocycles. The van der Waals surface area contributed by atoms with E-state index in [1.165, 1.54) is 5.56 Å². The lowest BCUT2D eigenvalue weighted by Gasteiger charge is -2.33. The van der Waals surface area contributed by atoms with E-state index < -0.39 is 5.41 Å². The molecule has 0 unspecified atom stereocenters. The van der Waals surface area contributed by atoms with Crippen LogP contribution in [0.1, 0.15) is 39.7 Å². The van der Waals surface area contributed by atoms with Gasteiger partial charge in [-0.05, 0) is 31.4 Å². The molecule has 0 fully saturated rings. The number of para-hydroxylation sites is 1. The highest BCUT2D eigenvalue weighted by atomic mass is 16.1. The largest absolute Gasteiger partial charge is 0.344 e. The molecule has 1 aromatic carbocycles. The predicted molar refractivity (Wildman–Crippen MR) is 84.9 cm³/mol. The van der Waals surface area contributed by atoms with Crippen LogP contribution in [-0.4, -0.2) is 12.3 Å². The average molecular weight is 282 g/mol. The predicted octanol–water partition coefficient (Wildman–Crippen LogP) is 3.85. The van der Waals surface area contributed by atoms with Crippen molar-refractivity contribution in [2.75, 3.05) is 11.4 Å². The second kappa shape index (κ2) is 5.73.